The molecule has 5 rings (SSSR count). The fourth-order valence-corrected chi connectivity index (χ4v) is 13.2. The smallest absolute Gasteiger partial charge is 0.302 e. The summed E-state index contributed by atoms with van der Waals surface area (Å²) in [5.74, 6) is 2.77. The molecule has 5 nitrogen and oxygen atoms in total. The molecule has 5 aliphatic rings. The third kappa shape index (κ3) is 5.51. The maximum Gasteiger partial charge on any atom is 0.302 e. The Morgan fingerprint density at radius 2 is 1.53 bits per heavy atom. The van der Waals surface area contributed by atoms with Crippen molar-refractivity contribution in [3.63, 3.8) is 0 Å². The van der Waals surface area contributed by atoms with E-state index in [-0.39, 0.29) is 39.1 Å². The van der Waals surface area contributed by atoms with Gasteiger partial charge in [0.2, 0.25) is 5.91 Å². The molecule has 5 fully saturated rings. The first-order valence-corrected chi connectivity index (χ1v) is 18.7. The zero-order valence-electron chi connectivity index (χ0n) is 29.9. The maximum atomic E-state index is 14.3. The maximum absolute atomic E-state index is 14.3. The molecule has 0 radical (unpaired) electrons. The van der Waals surface area contributed by atoms with Crippen molar-refractivity contribution in [1.82, 2.24) is 5.32 Å². The van der Waals surface area contributed by atoms with Gasteiger partial charge < -0.3 is 10.1 Å². The Balaban J connectivity index is 1.36. The van der Waals surface area contributed by atoms with Crippen molar-refractivity contribution in [2.24, 2.45) is 56.7 Å². The van der Waals surface area contributed by atoms with Gasteiger partial charge in [0.1, 0.15) is 6.10 Å². The molecule has 0 heterocycles. The van der Waals surface area contributed by atoms with Gasteiger partial charge in [-0.2, -0.15) is 5.26 Å². The molecule has 1 N–H and O–H groups in total. The van der Waals surface area contributed by atoms with Gasteiger partial charge in [-0.1, -0.05) is 66.0 Å². The average molecular weight is 621 g/mol. The number of carbonyl (C=O) groups is 2. The number of carbonyl (C=O) groups excluding carboxylic acids is 2. The van der Waals surface area contributed by atoms with Crippen molar-refractivity contribution >= 4 is 11.9 Å². The second-order valence-electron chi connectivity index (χ2n) is 17.7. The molecule has 1 amide bonds. The minimum absolute atomic E-state index is 0.0107. The highest BCUT2D eigenvalue weighted by molar-refractivity contribution is 5.83. The zero-order chi connectivity index (χ0) is 32.8. The number of nitrogens with one attached hydrogen (secondary N) is 1. The van der Waals surface area contributed by atoms with Crippen molar-refractivity contribution in [1.29, 1.82) is 5.26 Å². The Bertz CT molecular complexity index is 1190. The van der Waals surface area contributed by atoms with Crippen LogP contribution in [-0.4, -0.2) is 24.5 Å². The number of rotatable bonds is 10. The molecule has 0 spiro atoms. The van der Waals surface area contributed by atoms with E-state index in [0.29, 0.717) is 41.9 Å². The van der Waals surface area contributed by atoms with E-state index in [0.717, 1.165) is 77.2 Å². The molecule has 0 aromatic heterocycles. The van der Waals surface area contributed by atoms with Crippen LogP contribution in [-0.2, 0) is 14.3 Å². The lowest BCUT2D eigenvalue weighted by molar-refractivity contribution is -0.248. The summed E-state index contributed by atoms with van der Waals surface area (Å²) in [6.45, 7) is 21.7. The van der Waals surface area contributed by atoms with E-state index in [2.05, 4.69) is 59.5 Å². The van der Waals surface area contributed by atoms with Crippen LogP contribution in [0.1, 0.15) is 151 Å². The van der Waals surface area contributed by atoms with Gasteiger partial charge in [0, 0.05) is 25.3 Å². The van der Waals surface area contributed by atoms with Crippen LogP contribution in [0.5, 0.6) is 0 Å². The standard InChI is InChI=1S/C40H64N2O3/c1-27(2)29-17-22-40(35(44)42-26-14-12-10-9-11-13-25-41)24-23-38(7)30(34(29)40)15-16-32-37(6)20-19-33(45-28(3)43)36(4,5)31(37)18-21-39(32,38)8/h29-34H,1,9-24,26H2,2-8H3,(H,42,44)/t29-,30+,31-,32?,33-,34+,37-,38+,39+,40-/m0/s1. The fourth-order valence-electron chi connectivity index (χ4n) is 13.2. The molecule has 5 aliphatic carbocycles. The van der Waals surface area contributed by atoms with Crippen molar-refractivity contribution in [3.8, 4) is 6.07 Å². The highest BCUT2D eigenvalue weighted by atomic mass is 16.5. The Labute approximate surface area is 275 Å². The molecule has 0 saturated heterocycles. The van der Waals surface area contributed by atoms with Gasteiger partial charge in [-0.05, 0) is 130 Å². The van der Waals surface area contributed by atoms with E-state index < -0.39 is 0 Å². The molecular weight excluding hydrogens is 556 g/mol. The van der Waals surface area contributed by atoms with Gasteiger partial charge in [0.25, 0.3) is 0 Å². The molecule has 252 valence electrons. The third-order valence-electron chi connectivity index (χ3n) is 15.5. The van der Waals surface area contributed by atoms with Crippen LogP contribution in [0.25, 0.3) is 0 Å². The summed E-state index contributed by atoms with van der Waals surface area (Å²) < 4.78 is 5.95. The minimum atomic E-state index is -0.255. The van der Waals surface area contributed by atoms with Gasteiger partial charge in [-0.15, -0.1) is 0 Å². The van der Waals surface area contributed by atoms with Crippen molar-refractivity contribution < 1.29 is 14.3 Å². The molecule has 5 heteroatoms. The van der Waals surface area contributed by atoms with Crippen LogP contribution in [0.3, 0.4) is 0 Å². The molecule has 1 unspecified atom stereocenters. The highest BCUT2D eigenvalue weighted by Crippen LogP contribution is 2.77. The van der Waals surface area contributed by atoms with E-state index in [1.54, 1.807) is 6.92 Å². The van der Waals surface area contributed by atoms with Gasteiger partial charge in [-0.25, -0.2) is 0 Å². The summed E-state index contributed by atoms with van der Waals surface area (Å²) in [6.07, 6.45) is 17.3. The van der Waals surface area contributed by atoms with Crippen LogP contribution in [0, 0.1) is 68.0 Å². The number of hydrogen-bond donors (Lipinski definition) is 1. The van der Waals surface area contributed by atoms with Gasteiger partial charge in [0.15, 0.2) is 0 Å². The Kier molecular flexibility index (Phi) is 9.70. The van der Waals surface area contributed by atoms with E-state index in [9.17, 15) is 9.59 Å². The first-order valence-electron chi connectivity index (χ1n) is 18.7. The lowest BCUT2D eigenvalue weighted by Gasteiger charge is -2.72. The largest absolute Gasteiger partial charge is 0.462 e. The summed E-state index contributed by atoms with van der Waals surface area (Å²) in [4.78, 5) is 26.3. The van der Waals surface area contributed by atoms with E-state index in [1.165, 1.54) is 31.3 Å². The Morgan fingerprint density at radius 1 is 0.822 bits per heavy atom. The van der Waals surface area contributed by atoms with Gasteiger partial charge in [0.05, 0.1) is 11.5 Å². The summed E-state index contributed by atoms with van der Waals surface area (Å²) in [5.41, 5.74) is 1.69. The summed E-state index contributed by atoms with van der Waals surface area (Å²) >= 11 is 0. The van der Waals surface area contributed by atoms with Crippen molar-refractivity contribution in [2.75, 3.05) is 6.54 Å². The second-order valence-corrected chi connectivity index (χ2v) is 17.7. The zero-order valence-corrected chi connectivity index (χ0v) is 29.9. The molecule has 0 aromatic rings. The first-order chi connectivity index (χ1) is 21.2. The van der Waals surface area contributed by atoms with Crippen LogP contribution in [0.15, 0.2) is 12.2 Å². The van der Waals surface area contributed by atoms with Crippen LogP contribution in [0.4, 0.5) is 0 Å². The minimum Gasteiger partial charge on any atom is -0.462 e. The molecule has 45 heavy (non-hydrogen) atoms. The third-order valence-corrected chi connectivity index (χ3v) is 15.5. The number of allylic oxidation sites excluding steroid dienone is 1. The number of unbranched alkanes of at least 4 members (excludes halogenated alkanes) is 5. The van der Waals surface area contributed by atoms with Crippen LogP contribution >= 0.6 is 0 Å². The van der Waals surface area contributed by atoms with Gasteiger partial charge >= 0.3 is 5.97 Å². The fraction of sp³-hybridized carbons (Fsp3) is 0.875. The molecular formula is C40H64N2O3. The molecule has 0 bridgehead atoms. The van der Waals surface area contributed by atoms with Crippen LogP contribution in [0.2, 0.25) is 0 Å². The normalized spacial score (nSPS) is 43.1. The predicted octanol–water partition coefficient (Wildman–Crippen LogP) is 9.56. The second kappa shape index (κ2) is 12.6. The summed E-state index contributed by atoms with van der Waals surface area (Å²) in [7, 11) is 0. The highest BCUT2D eigenvalue weighted by Gasteiger charge is 2.72. The predicted molar refractivity (Wildman–Crippen MR) is 181 cm³/mol. The average Bonchev–Trinajstić information content (AvgIpc) is 3.37. The molecule has 5 saturated carbocycles. The van der Waals surface area contributed by atoms with Crippen molar-refractivity contribution in [2.45, 2.75) is 157 Å². The molecule has 0 aromatic carbocycles. The van der Waals surface area contributed by atoms with E-state index in [4.69, 9.17) is 10.00 Å². The monoisotopic (exact) mass is 620 g/mol. The van der Waals surface area contributed by atoms with E-state index >= 15 is 0 Å². The van der Waals surface area contributed by atoms with Crippen molar-refractivity contribution in [3.05, 3.63) is 12.2 Å². The number of fused-ring (bicyclic) bond motifs is 7. The number of amides is 1. The SMILES string of the molecule is C=C(C)[C@@H]1CC[C@]2(C(=O)NCCCCCCCC#N)CC[C@]3(C)[C@H](CCC4[C@@]5(C)CC[C@H](OC(C)=O)C(C)(C)[C@@H]5CC[C@]43C)[C@@H]12. The Hall–Kier alpha value is -1.83. The number of esters is 1. The first kappa shape index (κ1) is 34.5. The molecule has 0 aliphatic heterocycles. The lowest BCUT2D eigenvalue weighted by atomic mass is 9.32. The van der Waals surface area contributed by atoms with Gasteiger partial charge in [-0.3, -0.25) is 9.59 Å². The summed E-state index contributed by atoms with van der Waals surface area (Å²) in [5, 5.41) is 12.2. The number of hydrogen-bond acceptors (Lipinski definition) is 4. The number of ether oxygens (including phenoxy) is 1. The summed E-state index contributed by atoms with van der Waals surface area (Å²) in [6, 6.07) is 2.24. The molecule has 10 atom stereocenters. The number of nitriles is 1. The topological polar surface area (TPSA) is 79.2 Å². The number of nitrogens with zero attached hydrogens (tertiary/aromatic N) is 1. The quantitative estimate of drug-likeness (QED) is 0.150. The lowest BCUT2D eigenvalue weighted by Crippen LogP contribution is -2.67. The Morgan fingerprint density at radius 3 is 2.22 bits per heavy atom. The van der Waals surface area contributed by atoms with E-state index in [1.807, 2.05) is 0 Å². The van der Waals surface area contributed by atoms with Crippen LogP contribution < -0.4 is 5.32 Å².